The van der Waals surface area contributed by atoms with Gasteiger partial charge in [-0.25, -0.2) is 9.67 Å². The Morgan fingerprint density at radius 2 is 1.73 bits per heavy atom. The number of nitrogens with zero attached hydrogens (tertiary/aromatic N) is 5. The van der Waals surface area contributed by atoms with Gasteiger partial charge in [0.1, 0.15) is 5.01 Å². The van der Waals surface area contributed by atoms with E-state index >= 15 is 0 Å². The summed E-state index contributed by atoms with van der Waals surface area (Å²) < 4.78 is 3.82. The Morgan fingerprint density at radius 3 is 2.50 bits per heavy atom. The lowest BCUT2D eigenvalue weighted by atomic mass is 10.2. The maximum absolute atomic E-state index is 5.48. The minimum absolute atomic E-state index is 0.337. The molecule has 0 saturated carbocycles. The molecule has 1 aliphatic rings. The Balaban J connectivity index is 1.22. The largest absolute Gasteiger partial charge is 0.292 e. The Kier molecular flexibility index (Phi) is 5.47. The first kappa shape index (κ1) is 19.6. The number of hydrogen-bond donors (Lipinski definition) is 1. The molecule has 154 valence electrons. The highest BCUT2D eigenvalue weighted by atomic mass is 32.1. The van der Waals surface area contributed by atoms with Crippen LogP contribution in [0.4, 0.5) is 0 Å². The number of H-pyrrole nitrogens is 1. The van der Waals surface area contributed by atoms with Gasteiger partial charge in [-0.3, -0.25) is 14.9 Å². The van der Waals surface area contributed by atoms with Crippen molar-refractivity contribution in [1.82, 2.24) is 29.5 Å². The van der Waals surface area contributed by atoms with Crippen molar-refractivity contribution in [2.45, 2.75) is 19.6 Å². The first-order valence-electron chi connectivity index (χ1n) is 10.2. The second-order valence-electron chi connectivity index (χ2n) is 7.64. The Labute approximate surface area is 184 Å². The molecule has 0 unspecified atom stereocenters. The third-order valence-electron chi connectivity index (χ3n) is 5.69. The number of aromatic amines is 1. The number of fused-ring (bicyclic) bond motifs is 1. The SMILES string of the molecule is C[C@H](c1nc2ccccc2s1)N1CCN(Cn2[nH]c(-c3ccccc3)nc2=S)CC1. The lowest BCUT2D eigenvalue weighted by molar-refractivity contribution is 0.0789. The number of aromatic nitrogens is 4. The molecule has 1 fully saturated rings. The number of para-hydroxylation sites is 1. The van der Waals surface area contributed by atoms with E-state index in [-0.39, 0.29) is 0 Å². The second-order valence-corrected chi connectivity index (χ2v) is 9.07. The van der Waals surface area contributed by atoms with Crippen molar-refractivity contribution >= 4 is 33.8 Å². The first-order chi connectivity index (χ1) is 14.7. The van der Waals surface area contributed by atoms with E-state index in [1.807, 2.05) is 46.4 Å². The predicted octanol–water partition coefficient (Wildman–Crippen LogP) is 4.55. The summed E-state index contributed by atoms with van der Waals surface area (Å²) in [4.78, 5) is 14.3. The molecule has 1 aliphatic heterocycles. The summed E-state index contributed by atoms with van der Waals surface area (Å²) in [6.45, 7) is 7.04. The molecule has 1 saturated heterocycles. The Hall–Kier alpha value is -2.39. The third-order valence-corrected chi connectivity index (χ3v) is 7.21. The molecule has 4 aromatic rings. The number of rotatable bonds is 5. The summed E-state index contributed by atoms with van der Waals surface area (Å²) in [6.07, 6.45) is 0. The molecule has 3 heterocycles. The molecular weight excluding hydrogens is 412 g/mol. The Bertz CT molecular complexity index is 1150. The number of benzene rings is 2. The summed E-state index contributed by atoms with van der Waals surface area (Å²) in [7, 11) is 0. The van der Waals surface area contributed by atoms with Crippen molar-refractivity contribution in [1.29, 1.82) is 0 Å². The summed E-state index contributed by atoms with van der Waals surface area (Å²) >= 11 is 7.29. The average Bonchev–Trinajstić information content (AvgIpc) is 3.38. The quantitative estimate of drug-likeness (QED) is 0.465. The summed E-state index contributed by atoms with van der Waals surface area (Å²) in [6, 6.07) is 18.8. The van der Waals surface area contributed by atoms with E-state index in [0.29, 0.717) is 10.8 Å². The van der Waals surface area contributed by atoms with Crippen molar-refractivity contribution in [3.8, 4) is 11.4 Å². The molecule has 2 aromatic carbocycles. The van der Waals surface area contributed by atoms with Crippen LogP contribution in [-0.2, 0) is 6.67 Å². The molecule has 0 spiro atoms. The fourth-order valence-corrected chi connectivity index (χ4v) is 5.14. The molecule has 30 heavy (non-hydrogen) atoms. The molecular formula is C22H24N6S2. The monoisotopic (exact) mass is 436 g/mol. The van der Waals surface area contributed by atoms with E-state index in [9.17, 15) is 0 Å². The standard InChI is InChI=1S/C22H24N6S2/c1-16(21-23-18-9-5-6-10-19(18)30-21)27-13-11-26(12-14-27)15-28-22(29)24-20(25-28)17-7-3-2-4-8-17/h2-10,16H,11-15H2,1H3,(H,24,25,29)/t16-/m1/s1. The number of hydrogen-bond acceptors (Lipinski definition) is 6. The van der Waals surface area contributed by atoms with E-state index < -0.39 is 0 Å². The molecule has 0 bridgehead atoms. The maximum Gasteiger partial charge on any atom is 0.217 e. The number of nitrogens with one attached hydrogen (secondary N) is 1. The van der Waals surface area contributed by atoms with Crippen LogP contribution in [0.5, 0.6) is 0 Å². The zero-order valence-corrected chi connectivity index (χ0v) is 18.5. The van der Waals surface area contributed by atoms with Crippen LogP contribution in [0, 0.1) is 4.77 Å². The predicted molar refractivity (Wildman–Crippen MR) is 124 cm³/mol. The van der Waals surface area contributed by atoms with Crippen molar-refractivity contribution in [2.24, 2.45) is 0 Å². The normalized spacial score (nSPS) is 16.8. The van der Waals surface area contributed by atoms with E-state index in [1.54, 1.807) is 0 Å². The summed E-state index contributed by atoms with van der Waals surface area (Å²) in [5, 5.41) is 4.56. The average molecular weight is 437 g/mol. The molecule has 0 aliphatic carbocycles. The molecule has 8 heteroatoms. The highest BCUT2D eigenvalue weighted by Gasteiger charge is 2.24. The van der Waals surface area contributed by atoms with Crippen LogP contribution in [0.3, 0.4) is 0 Å². The van der Waals surface area contributed by atoms with Gasteiger partial charge in [0.25, 0.3) is 0 Å². The van der Waals surface area contributed by atoms with Crippen LogP contribution in [0.2, 0.25) is 0 Å². The molecule has 1 atom stereocenters. The van der Waals surface area contributed by atoms with E-state index in [0.717, 1.165) is 49.8 Å². The lowest BCUT2D eigenvalue weighted by Gasteiger charge is -2.37. The van der Waals surface area contributed by atoms with E-state index in [4.69, 9.17) is 17.2 Å². The van der Waals surface area contributed by atoms with Gasteiger partial charge in [-0.1, -0.05) is 42.5 Å². The van der Waals surface area contributed by atoms with Gasteiger partial charge >= 0.3 is 0 Å². The first-order valence-corrected chi connectivity index (χ1v) is 11.4. The van der Waals surface area contributed by atoms with Gasteiger partial charge < -0.3 is 0 Å². The van der Waals surface area contributed by atoms with Gasteiger partial charge in [0.05, 0.1) is 22.9 Å². The highest BCUT2D eigenvalue weighted by Crippen LogP contribution is 2.30. The third kappa shape index (κ3) is 3.96. The lowest BCUT2D eigenvalue weighted by Crippen LogP contribution is -2.47. The van der Waals surface area contributed by atoms with Crippen LogP contribution in [0.15, 0.2) is 54.6 Å². The number of piperazine rings is 1. The minimum Gasteiger partial charge on any atom is -0.292 e. The molecule has 0 amide bonds. The van der Waals surface area contributed by atoms with Gasteiger partial charge in [0.2, 0.25) is 4.77 Å². The summed E-state index contributed by atoms with van der Waals surface area (Å²) in [5.74, 6) is 0.823. The van der Waals surface area contributed by atoms with Crippen LogP contribution >= 0.6 is 23.6 Å². The maximum atomic E-state index is 5.48. The van der Waals surface area contributed by atoms with Crippen LogP contribution in [-0.4, -0.2) is 55.7 Å². The topological polar surface area (TPSA) is 53.0 Å². The zero-order valence-electron chi connectivity index (χ0n) is 16.9. The zero-order chi connectivity index (χ0) is 20.5. The molecule has 2 aromatic heterocycles. The molecule has 5 rings (SSSR count). The van der Waals surface area contributed by atoms with Gasteiger partial charge in [-0.15, -0.1) is 11.3 Å². The summed E-state index contributed by atoms with van der Waals surface area (Å²) in [5.41, 5.74) is 2.16. The van der Waals surface area contributed by atoms with E-state index in [1.165, 1.54) is 9.71 Å². The van der Waals surface area contributed by atoms with E-state index in [2.05, 4.69) is 51.1 Å². The fourth-order valence-electron chi connectivity index (χ4n) is 3.89. The van der Waals surface area contributed by atoms with Crippen molar-refractivity contribution < 1.29 is 0 Å². The van der Waals surface area contributed by atoms with Crippen LogP contribution in [0.1, 0.15) is 18.0 Å². The van der Waals surface area contributed by atoms with Crippen molar-refractivity contribution in [2.75, 3.05) is 26.2 Å². The van der Waals surface area contributed by atoms with Gasteiger partial charge in [0, 0.05) is 31.7 Å². The minimum atomic E-state index is 0.337. The molecule has 1 N–H and O–H groups in total. The highest BCUT2D eigenvalue weighted by molar-refractivity contribution is 7.71. The molecule has 0 radical (unpaired) electrons. The van der Waals surface area contributed by atoms with Crippen LogP contribution in [0.25, 0.3) is 21.6 Å². The van der Waals surface area contributed by atoms with Crippen molar-refractivity contribution in [3.63, 3.8) is 0 Å². The van der Waals surface area contributed by atoms with Gasteiger partial charge in [0.15, 0.2) is 5.82 Å². The van der Waals surface area contributed by atoms with Crippen molar-refractivity contribution in [3.05, 3.63) is 64.4 Å². The number of thiazole rings is 1. The smallest absolute Gasteiger partial charge is 0.217 e. The molecule has 6 nitrogen and oxygen atoms in total. The fraction of sp³-hybridized carbons (Fsp3) is 0.318. The van der Waals surface area contributed by atoms with Gasteiger partial charge in [-0.05, 0) is 31.3 Å². The van der Waals surface area contributed by atoms with Gasteiger partial charge in [-0.2, -0.15) is 4.98 Å². The second kappa shape index (κ2) is 8.39. The van der Waals surface area contributed by atoms with Crippen LogP contribution < -0.4 is 0 Å². The Morgan fingerprint density at radius 1 is 1.00 bits per heavy atom.